The van der Waals surface area contributed by atoms with Crippen LogP contribution in [-0.4, -0.2) is 53.4 Å². The van der Waals surface area contributed by atoms with Gasteiger partial charge in [0.15, 0.2) is 0 Å². The third kappa shape index (κ3) is 3.98. The molecule has 1 amide bonds. The van der Waals surface area contributed by atoms with Gasteiger partial charge in [-0.1, -0.05) is 12.1 Å². The monoisotopic (exact) mass is 294 g/mol. The number of nitrogens with zero attached hydrogens (tertiary/aromatic N) is 2. The van der Waals surface area contributed by atoms with Crippen LogP contribution in [0.3, 0.4) is 0 Å². The van der Waals surface area contributed by atoms with E-state index in [-0.39, 0.29) is 11.8 Å². The molecule has 1 aromatic carbocycles. The molecule has 110 valence electrons. The number of benzene rings is 1. The Morgan fingerprint density at radius 1 is 1.40 bits per heavy atom. The van der Waals surface area contributed by atoms with E-state index in [9.17, 15) is 9.90 Å². The molecule has 0 spiro atoms. The molecule has 1 saturated heterocycles. The molecule has 1 heterocycles. The third-order valence-corrected chi connectivity index (χ3v) is 4.64. The molecule has 1 aliphatic rings. The van der Waals surface area contributed by atoms with Crippen LogP contribution in [0, 0.1) is 0 Å². The molecule has 1 aromatic rings. The second kappa shape index (κ2) is 7.11. The lowest BCUT2D eigenvalue weighted by Gasteiger charge is -2.22. The number of aliphatic hydroxyl groups is 1. The van der Waals surface area contributed by atoms with E-state index in [0.717, 1.165) is 30.8 Å². The van der Waals surface area contributed by atoms with E-state index in [1.54, 1.807) is 19.0 Å². The van der Waals surface area contributed by atoms with Crippen molar-refractivity contribution in [1.29, 1.82) is 0 Å². The van der Waals surface area contributed by atoms with Crippen molar-refractivity contribution in [3.05, 3.63) is 29.8 Å². The molecule has 0 bridgehead atoms. The SMILES string of the molecule is CN(C)C(=O)Sc1ccc(CN2CCC[C@@H]2CO)cc1. The van der Waals surface area contributed by atoms with Gasteiger partial charge in [0.05, 0.1) is 6.61 Å². The van der Waals surface area contributed by atoms with E-state index in [4.69, 9.17) is 0 Å². The predicted octanol–water partition coefficient (Wildman–Crippen LogP) is 2.42. The lowest BCUT2D eigenvalue weighted by Crippen LogP contribution is -2.31. The summed E-state index contributed by atoms with van der Waals surface area (Å²) in [4.78, 5) is 16.5. The van der Waals surface area contributed by atoms with Crippen molar-refractivity contribution in [3.63, 3.8) is 0 Å². The first-order valence-corrected chi connectivity index (χ1v) is 7.75. The average Bonchev–Trinajstić information content (AvgIpc) is 2.88. The van der Waals surface area contributed by atoms with E-state index in [1.807, 2.05) is 12.1 Å². The highest BCUT2D eigenvalue weighted by molar-refractivity contribution is 8.13. The molecular weight excluding hydrogens is 272 g/mol. The Labute approximate surface area is 124 Å². The molecule has 2 rings (SSSR count). The highest BCUT2D eigenvalue weighted by Gasteiger charge is 2.23. The van der Waals surface area contributed by atoms with E-state index in [2.05, 4.69) is 17.0 Å². The van der Waals surface area contributed by atoms with Gasteiger partial charge in [0.1, 0.15) is 0 Å². The fourth-order valence-corrected chi connectivity index (χ4v) is 3.06. The molecule has 0 aliphatic carbocycles. The van der Waals surface area contributed by atoms with Crippen LogP contribution in [0.1, 0.15) is 18.4 Å². The number of hydrogen-bond donors (Lipinski definition) is 1. The number of carbonyl (C=O) groups excluding carboxylic acids is 1. The zero-order chi connectivity index (χ0) is 14.5. The fourth-order valence-electron chi connectivity index (χ4n) is 2.40. The number of aliphatic hydroxyl groups excluding tert-OH is 1. The summed E-state index contributed by atoms with van der Waals surface area (Å²) in [6.45, 7) is 2.17. The summed E-state index contributed by atoms with van der Waals surface area (Å²) in [6.07, 6.45) is 2.25. The Morgan fingerprint density at radius 2 is 2.10 bits per heavy atom. The van der Waals surface area contributed by atoms with Crippen molar-refractivity contribution < 1.29 is 9.90 Å². The van der Waals surface area contributed by atoms with Gasteiger partial charge >= 0.3 is 0 Å². The molecule has 4 nitrogen and oxygen atoms in total. The second-order valence-corrected chi connectivity index (χ2v) is 6.38. The predicted molar refractivity (Wildman–Crippen MR) is 81.9 cm³/mol. The van der Waals surface area contributed by atoms with Crippen LogP contribution in [-0.2, 0) is 6.54 Å². The minimum absolute atomic E-state index is 0.0395. The lowest BCUT2D eigenvalue weighted by molar-refractivity contribution is 0.153. The van der Waals surface area contributed by atoms with E-state index in [0.29, 0.717) is 6.04 Å². The summed E-state index contributed by atoms with van der Waals surface area (Å²) in [7, 11) is 3.51. The zero-order valence-electron chi connectivity index (χ0n) is 12.1. The molecule has 1 fully saturated rings. The number of likely N-dealkylation sites (tertiary alicyclic amines) is 1. The fraction of sp³-hybridized carbons (Fsp3) is 0.533. The Bertz CT molecular complexity index is 448. The van der Waals surface area contributed by atoms with Crippen molar-refractivity contribution in [2.45, 2.75) is 30.3 Å². The van der Waals surface area contributed by atoms with Crippen molar-refractivity contribution in [1.82, 2.24) is 9.80 Å². The molecule has 0 radical (unpaired) electrons. The van der Waals surface area contributed by atoms with Crippen LogP contribution in [0.2, 0.25) is 0 Å². The second-order valence-electron chi connectivity index (χ2n) is 5.36. The Kier molecular flexibility index (Phi) is 5.46. The van der Waals surface area contributed by atoms with Gasteiger partial charge in [-0.3, -0.25) is 9.69 Å². The smallest absolute Gasteiger partial charge is 0.285 e. The normalized spacial score (nSPS) is 19.2. The third-order valence-electron chi connectivity index (χ3n) is 3.59. The van der Waals surface area contributed by atoms with Gasteiger partial charge in [-0.25, -0.2) is 0 Å². The van der Waals surface area contributed by atoms with Crippen LogP contribution in [0.25, 0.3) is 0 Å². The van der Waals surface area contributed by atoms with Crippen LogP contribution in [0.15, 0.2) is 29.2 Å². The largest absolute Gasteiger partial charge is 0.395 e. The maximum absolute atomic E-state index is 11.6. The summed E-state index contributed by atoms with van der Waals surface area (Å²) in [5, 5.41) is 9.36. The molecule has 1 atom stereocenters. The Balaban J connectivity index is 1.93. The standard InChI is InChI=1S/C15H22N2O2S/c1-16(2)15(19)20-14-7-5-12(6-8-14)10-17-9-3-4-13(17)11-18/h5-8,13,18H,3-4,9-11H2,1-2H3/t13-/m1/s1. The van der Waals surface area contributed by atoms with Gasteiger partial charge in [0, 0.05) is 31.6 Å². The first kappa shape index (κ1) is 15.4. The summed E-state index contributed by atoms with van der Waals surface area (Å²) in [5.74, 6) is 0. The number of carbonyl (C=O) groups is 1. The van der Waals surface area contributed by atoms with E-state index < -0.39 is 0 Å². The Morgan fingerprint density at radius 3 is 2.70 bits per heavy atom. The maximum atomic E-state index is 11.6. The maximum Gasteiger partial charge on any atom is 0.285 e. The average molecular weight is 294 g/mol. The van der Waals surface area contributed by atoms with Gasteiger partial charge < -0.3 is 10.0 Å². The number of hydrogen-bond acceptors (Lipinski definition) is 4. The minimum atomic E-state index is 0.0395. The molecule has 0 unspecified atom stereocenters. The lowest BCUT2D eigenvalue weighted by atomic mass is 10.2. The van der Waals surface area contributed by atoms with Crippen LogP contribution >= 0.6 is 11.8 Å². The highest BCUT2D eigenvalue weighted by atomic mass is 32.2. The first-order valence-electron chi connectivity index (χ1n) is 6.93. The number of thioether (sulfide) groups is 1. The summed E-state index contributed by atoms with van der Waals surface area (Å²) < 4.78 is 0. The van der Waals surface area contributed by atoms with Crippen molar-refractivity contribution >= 4 is 17.0 Å². The van der Waals surface area contributed by atoms with Crippen molar-refractivity contribution in [2.75, 3.05) is 27.2 Å². The summed E-state index contributed by atoms with van der Waals surface area (Å²) in [6, 6.07) is 8.42. The van der Waals surface area contributed by atoms with Gasteiger partial charge in [0.25, 0.3) is 5.24 Å². The van der Waals surface area contributed by atoms with Crippen molar-refractivity contribution in [3.8, 4) is 0 Å². The molecule has 5 heteroatoms. The molecular formula is C15H22N2O2S. The summed E-state index contributed by atoms with van der Waals surface area (Å²) in [5.41, 5.74) is 1.23. The van der Waals surface area contributed by atoms with Crippen LogP contribution < -0.4 is 0 Å². The number of amides is 1. The Hall–Kier alpha value is -1.04. The van der Waals surface area contributed by atoms with E-state index in [1.165, 1.54) is 17.3 Å². The molecule has 1 aliphatic heterocycles. The van der Waals surface area contributed by atoms with Gasteiger partial charge in [-0.2, -0.15) is 0 Å². The minimum Gasteiger partial charge on any atom is -0.395 e. The molecule has 0 aromatic heterocycles. The zero-order valence-corrected chi connectivity index (χ0v) is 12.9. The molecule has 20 heavy (non-hydrogen) atoms. The molecule has 1 N–H and O–H groups in total. The van der Waals surface area contributed by atoms with Crippen LogP contribution in [0.4, 0.5) is 4.79 Å². The van der Waals surface area contributed by atoms with Crippen molar-refractivity contribution in [2.24, 2.45) is 0 Å². The quantitative estimate of drug-likeness (QED) is 0.866. The summed E-state index contributed by atoms with van der Waals surface area (Å²) >= 11 is 1.24. The van der Waals surface area contributed by atoms with E-state index >= 15 is 0 Å². The molecule has 0 saturated carbocycles. The van der Waals surface area contributed by atoms with Gasteiger partial charge in [0.2, 0.25) is 0 Å². The first-order chi connectivity index (χ1) is 9.60. The number of rotatable bonds is 4. The van der Waals surface area contributed by atoms with Gasteiger partial charge in [-0.05, 0) is 48.8 Å². The highest BCUT2D eigenvalue weighted by Crippen LogP contribution is 2.23. The van der Waals surface area contributed by atoms with Crippen LogP contribution in [0.5, 0.6) is 0 Å². The topological polar surface area (TPSA) is 43.8 Å². The van der Waals surface area contributed by atoms with Gasteiger partial charge in [-0.15, -0.1) is 0 Å².